The summed E-state index contributed by atoms with van der Waals surface area (Å²) < 4.78 is 5.84. The van der Waals surface area contributed by atoms with Crippen LogP contribution in [0.3, 0.4) is 0 Å². The maximum atomic E-state index is 5.84. The Bertz CT molecular complexity index is 171. The second-order valence-electron chi connectivity index (χ2n) is 3.99. The molecule has 2 aliphatic rings. The van der Waals surface area contributed by atoms with Crippen LogP contribution in [0.2, 0.25) is 0 Å². The lowest BCUT2D eigenvalue weighted by Gasteiger charge is -2.22. The van der Waals surface area contributed by atoms with E-state index < -0.39 is 0 Å². The lowest BCUT2D eigenvalue weighted by atomic mass is 10.00. The highest BCUT2D eigenvalue weighted by atomic mass is 33.1. The van der Waals surface area contributed by atoms with Crippen LogP contribution >= 0.6 is 22.5 Å². The van der Waals surface area contributed by atoms with Gasteiger partial charge < -0.3 is 4.74 Å². The first kappa shape index (κ1) is 10.1. The molecule has 2 rings (SSSR count). The Morgan fingerprint density at radius 1 is 1.46 bits per heavy atom. The van der Waals surface area contributed by atoms with Crippen molar-refractivity contribution in [3.63, 3.8) is 0 Å². The SMILES string of the molecule is SSCCN1CCC2(CCCO2)C1. The molecule has 2 aliphatic heterocycles. The van der Waals surface area contributed by atoms with Gasteiger partial charge in [0, 0.05) is 32.0 Å². The molecule has 13 heavy (non-hydrogen) atoms. The molecule has 0 radical (unpaired) electrons. The zero-order valence-electron chi connectivity index (χ0n) is 7.87. The van der Waals surface area contributed by atoms with Crippen LogP contribution in [0.4, 0.5) is 0 Å². The van der Waals surface area contributed by atoms with Crippen molar-refractivity contribution < 1.29 is 4.74 Å². The third-order valence-corrected chi connectivity index (χ3v) is 3.99. The van der Waals surface area contributed by atoms with E-state index in [2.05, 4.69) is 16.6 Å². The summed E-state index contributed by atoms with van der Waals surface area (Å²) in [7, 11) is 1.63. The average molecular weight is 219 g/mol. The molecule has 2 fully saturated rings. The van der Waals surface area contributed by atoms with E-state index in [9.17, 15) is 0 Å². The van der Waals surface area contributed by atoms with Gasteiger partial charge in [0.25, 0.3) is 0 Å². The summed E-state index contributed by atoms with van der Waals surface area (Å²) in [5.41, 5.74) is 0.251. The molecule has 0 saturated carbocycles. The first-order valence-corrected chi connectivity index (χ1v) is 7.01. The van der Waals surface area contributed by atoms with Gasteiger partial charge in [-0.25, -0.2) is 0 Å². The third-order valence-electron chi connectivity index (χ3n) is 3.08. The number of hydrogen-bond acceptors (Lipinski definition) is 4. The number of nitrogens with zero attached hydrogens (tertiary/aromatic N) is 1. The Kier molecular flexibility index (Phi) is 3.46. The first-order chi connectivity index (χ1) is 6.35. The minimum atomic E-state index is 0.251. The van der Waals surface area contributed by atoms with Gasteiger partial charge >= 0.3 is 0 Å². The van der Waals surface area contributed by atoms with Crippen LogP contribution in [0.1, 0.15) is 19.3 Å². The molecule has 0 N–H and O–H groups in total. The van der Waals surface area contributed by atoms with Crippen molar-refractivity contribution in [2.24, 2.45) is 0 Å². The Morgan fingerprint density at radius 2 is 2.38 bits per heavy atom. The molecule has 1 unspecified atom stereocenters. The predicted octanol–water partition coefficient (Wildman–Crippen LogP) is 1.82. The number of hydrogen-bond donors (Lipinski definition) is 1. The van der Waals surface area contributed by atoms with E-state index in [0.29, 0.717) is 0 Å². The van der Waals surface area contributed by atoms with E-state index in [0.717, 1.165) is 18.9 Å². The Morgan fingerprint density at radius 3 is 3.08 bits per heavy atom. The Hall–Kier alpha value is 0.620. The highest BCUT2D eigenvalue weighted by Crippen LogP contribution is 2.34. The van der Waals surface area contributed by atoms with E-state index in [1.165, 1.54) is 32.4 Å². The van der Waals surface area contributed by atoms with Gasteiger partial charge in [0.2, 0.25) is 0 Å². The fourth-order valence-corrected chi connectivity index (χ4v) is 2.95. The monoisotopic (exact) mass is 219 g/mol. The molecule has 2 nitrogen and oxygen atoms in total. The zero-order chi connectivity index (χ0) is 9.15. The van der Waals surface area contributed by atoms with Crippen molar-refractivity contribution in [1.29, 1.82) is 0 Å². The molecule has 76 valence electrons. The molecule has 2 heterocycles. The highest BCUT2D eigenvalue weighted by molar-refractivity contribution is 8.68. The molecule has 2 saturated heterocycles. The number of likely N-dealkylation sites (tertiary alicyclic amines) is 1. The summed E-state index contributed by atoms with van der Waals surface area (Å²) in [4.78, 5) is 2.51. The number of ether oxygens (including phenoxy) is 1. The van der Waals surface area contributed by atoms with Gasteiger partial charge in [-0.1, -0.05) is 10.8 Å². The molecule has 1 atom stereocenters. The van der Waals surface area contributed by atoms with Crippen LogP contribution in [0.25, 0.3) is 0 Å². The highest BCUT2D eigenvalue weighted by Gasteiger charge is 2.41. The quantitative estimate of drug-likeness (QED) is 0.574. The van der Waals surface area contributed by atoms with E-state index in [4.69, 9.17) is 4.74 Å². The van der Waals surface area contributed by atoms with Crippen LogP contribution in [0.15, 0.2) is 0 Å². The van der Waals surface area contributed by atoms with Crippen molar-refractivity contribution in [3.05, 3.63) is 0 Å². The molecule has 0 bridgehead atoms. The maximum absolute atomic E-state index is 5.84. The van der Waals surface area contributed by atoms with Crippen molar-refractivity contribution in [2.75, 3.05) is 32.0 Å². The minimum absolute atomic E-state index is 0.251. The Labute approximate surface area is 89.2 Å². The van der Waals surface area contributed by atoms with Gasteiger partial charge in [-0.2, -0.15) is 0 Å². The summed E-state index contributed by atoms with van der Waals surface area (Å²) in [6, 6.07) is 0. The lowest BCUT2D eigenvalue weighted by molar-refractivity contribution is 0.0132. The second kappa shape index (κ2) is 4.43. The van der Waals surface area contributed by atoms with Crippen molar-refractivity contribution in [3.8, 4) is 0 Å². The summed E-state index contributed by atoms with van der Waals surface area (Å²) in [6.07, 6.45) is 3.77. The smallest absolute Gasteiger partial charge is 0.0821 e. The third kappa shape index (κ3) is 2.35. The molecule has 0 aromatic carbocycles. The van der Waals surface area contributed by atoms with Crippen molar-refractivity contribution >= 4 is 22.5 Å². The lowest BCUT2D eigenvalue weighted by Crippen LogP contribution is -2.33. The molecular formula is C9H17NOS2. The van der Waals surface area contributed by atoms with Crippen LogP contribution in [0.5, 0.6) is 0 Å². The van der Waals surface area contributed by atoms with Crippen LogP contribution in [-0.4, -0.2) is 42.5 Å². The van der Waals surface area contributed by atoms with E-state index >= 15 is 0 Å². The molecule has 4 heteroatoms. The molecule has 0 aliphatic carbocycles. The normalized spacial score (nSPS) is 34.8. The van der Waals surface area contributed by atoms with Gasteiger partial charge in [0.05, 0.1) is 5.60 Å². The average Bonchev–Trinajstić information content (AvgIpc) is 2.74. The first-order valence-electron chi connectivity index (χ1n) is 4.97. The summed E-state index contributed by atoms with van der Waals surface area (Å²) in [6.45, 7) is 4.52. The molecular weight excluding hydrogens is 202 g/mol. The molecule has 0 aromatic heterocycles. The topological polar surface area (TPSA) is 12.5 Å². The standard InChI is InChI=1S/C9H17NOS2/c12-13-7-5-10-4-3-9(8-10)2-1-6-11-9/h12H,1-8H2. The van der Waals surface area contributed by atoms with Crippen LogP contribution in [-0.2, 0) is 4.74 Å². The van der Waals surface area contributed by atoms with E-state index in [-0.39, 0.29) is 5.60 Å². The largest absolute Gasteiger partial charge is 0.374 e. The fraction of sp³-hybridized carbons (Fsp3) is 1.00. The van der Waals surface area contributed by atoms with E-state index in [1.54, 1.807) is 10.8 Å². The summed E-state index contributed by atoms with van der Waals surface area (Å²) in [5, 5.41) is 0. The van der Waals surface area contributed by atoms with Gasteiger partial charge in [-0.05, 0) is 19.3 Å². The van der Waals surface area contributed by atoms with E-state index in [1.807, 2.05) is 0 Å². The molecule has 0 aromatic rings. The van der Waals surface area contributed by atoms with Crippen LogP contribution in [0, 0.1) is 0 Å². The van der Waals surface area contributed by atoms with Gasteiger partial charge in [0.1, 0.15) is 0 Å². The van der Waals surface area contributed by atoms with Crippen molar-refractivity contribution in [1.82, 2.24) is 4.90 Å². The Balaban J connectivity index is 1.79. The number of thiol groups is 1. The van der Waals surface area contributed by atoms with Crippen LogP contribution < -0.4 is 0 Å². The van der Waals surface area contributed by atoms with Gasteiger partial charge in [0.15, 0.2) is 0 Å². The predicted molar refractivity (Wildman–Crippen MR) is 60.4 cm³/mol. The fourth-order valence-electron chi connectivity index (χ4n) is 2.37. The zero-order valence-corrected chi connectivity index (χ0v) is 9.58. The summed E-state index contributed by atoms with van der Waals surface area (Å²) >= 11 is 4.15. The minimum Gasteiger partial charge on any atom is -0.374 e. The number of rotatable bonds is 3. The maximum Gasteiger partial charge on any atom is 0.0821 e. The molecule has 1 spiro atoms. The van der Waals surface area contributed by atoms with Crippen molar-refractivity contribution in [2.45, 2.75) is 24.9 Å². The summed E-state index contributed by atoms with van der Waals surface area (Å²) in [5.74, 6) is 1.12. The van der Waals surface area contributed by atoms with Gasteiger partial charge in [-0.15, -0.1) is 11.7 Å². The molecule has 0 amide bonds. The van der Waals surface area contributed by atoms with Gasteiger partial charge in [-0.3, -0.25) is 4.90 Å². The second-order valence-corrected chi connectivity index (χ2v) is 5.44.